The fraction of sp³-hybridized carbons (Fsp3) is 0.310. The van der Waals surface area contributed by atoms with Crippen molar-refractivity contribution >= 4 is 16.8 Å². The molecule has 0 radical (unpaired) electrons. The Kier molecular flexibility index (Phi) is 7.47. The largest absolute Gasteiger partial charge is 0.494 e. The van der Waals surface area contributed by atoms with E-state index in [2.05, 4.69) is 26.3 Å². The number of nitrogens with one attached hydrogen (secondary N) is 1. The number of ether oxygens (including phenoxy) is 1. The molecule has 1 fully saturated rings. The van der Waals surface area contributed by atoms with Crippen LogP contribution in [0.3, 0.4) is 0 Å². The van der Waals surface area contributed by atoms with Gasteiger partial charge in [-0.05, 0) is 80.7 Å². The zero-order valence-electron chi connectivity index (χ0n) is 20.6. The first kappa shape index (κ1) is 23.9. The van der Waals surface area contributed by atoms with E-state index in [0.717, 1.165) is 54.7 Å². The van der Waals surface area contributed by atoms with Crippen LogP contribution in [0.5, 0.6) is 5.75 Å². The number of hydrogen-bond donors (Lipinski definition) is 1. The third kappa shape index (κ3) is 5.52. The van der Waals surface area contributed by atoms with Gasteiger partial charge in [-0.25, -0.2) is 9.97 Å². The number of para-hydroxylation sites is 1. The summed E-state index contributed by atoms with van der Waals surface area (Å²) >= 11 is 0. The van der Waals surface area contributed by atoms with Crippen LogP contribution < -0.4 is 10.1 Å². The lowest BCUT2D eigenvalue weighted by Gasteiger charge is -2.16. The molecule has 0 bridgehead atoms. The predicted molar refractivity (Wildman–Crippen MR) is 141 cm³/mol. The lowest BCUT2D eigenvalue weighted by atomic mass is 10.0. The molecule has 7 heteroatoms. The molecule has 0 spiro atoms. The second kappa shape index (κ2) is 11.3. The van der Waals surface area contributed by atoms with Gasteiger partial charge in [0.2, 0.25) is 0 Å². The maximum atomic E-state index is 13.2. The summed E-state index contributed by atoms with van der Waals surface area (Å²) in [5.41, 5.74) is 3.31. The minimum absolute atomic E-state index is 0.171. The Morgan fingerprint density at radius 2 is 1.94 bits per heavy atom. The summed E-state index contributed by atoms with van der Waals surface area (Å²) in [5.74, 6) is 1.70. The van der Waals surface area contributed by atoms with Crippen molar-refractivity contribution in [2.45, 2.75) is 25.7 Å². The molecule has 1 aliphatic heterocycles. The number of benzene rings is 2. The molecule has 36 heavy (non-hydrogen) atoms. The van der Waals surface area contributed by atoms with E-state index < -0.39 is 0 Å². The summed E-state index contributed by atoms with van der Waals surface area (Å²) in [6, 6.07) is 19.5. The highest BCUT2D eigenvalue weighted by atomic mass is 16.5. The second-order valence-corrected chi connectivity index (χ2v) is 9.05. The Morgan fingerprint density at radius 1 is 1.08 bits per heavy atom. The van der Waals surface area contributed by atoms with E-state index in [4.69, 9.17) is 9.72 Å². The van der Waals surface area contributed by atoms with Crippen molar-refractivity contribution in [1.82, 2.24) is 25.2 Å². The van der Waals surface area contributed by atoms with Gasteiger partial charge in [-0.2, -0.15) is 0 Å². The minimum atomic E-state index is -0.171. The van der Waals surface area contributed by atoms with Crippen molar-refractivity contribution in [3.05, 3.63) is 84.3 Å². The van der Waals surface area contributed by atoms with Crippen LogP contribution in [-0.2, 0) is 0 Å². The van der Waals surface area contributed by atoms with Crippen LogP contribution in [0.4, 0.5) is 0 Å². The van der Waals surface area contributed by atoms with Crippen molar-refractivity contribution in [1.29, 1.82) is 0 Å². The molecule has 0 unspecified atom stereocenters. The minimum Gasteiger partial charge on any atom is -0.494 e. The summed E-state index contributed by atoms with van der Waals surface area (Å²) < 4.78 is 5.54. The first-order chi connectivity index (χ1) is 17.7. The van der Waals surface area contributed by atoms with Gasteiger partial charge in [0.05, 0.1) is 12.1 Å². The summed E-state index contributed by atoms with van der Waals surface area (Å²) in [6.45, 7) is 6.24. The number of rotatable bonds is 9. The van der Waals surface area contributed by atoms with E-state index in [1.807, 2.05) is 73.9 Å². The van der Waals surface area contributed by atoms with Gasteiger partial charge in [0.25, 0.3) is 5.91 Å². The zero-order valence-corrected chi connectivity index (χ0v) is 20.6. The number of carbonyl (C=O) groups excluding carboxylic acids is 1. The highest BCUT2D eigenvalue weighted by Crippen LogP contribution is 2.26. The Labute approximate surface area is 211 Å². The predicted octanol–water partition coefficient (Wildman–Crippen LogP) is 4.70. The van der Waals surface area contributed by atoms with Crippen molar-refractivity contribution in [3.8, 4) is 17.1 Å². The molecule has 5 rings (SSSR count). The fourth-order valence-corrected chi connectivity index (χ4v) is 4.76. The Balaban J connectivity index is 1.22. The monoisotopic (exact) mass is 481 g/mol. The number of fused-ring (bicyclic) bond motifs is 1. The van der Waals surface area contributed by atoms with E-state index in [1.165, 1.54) is 5.56 Å². The summed E-state index contributed by atoms with van der Waals surface area (Å²) in [5, 5.41) is 3.83. The van der Waals surface area contributed by atoms with Crippen molar-refractivity contribution in [3.63, 3.8) is 0 Å². The highest BCUT2D eigenvalue weighted by molar-refractivity contribution is 6.04. The van der Waals surface area contributed by atoms with Crippen molar-refractivity contribution in [2.75, 3.05) is 32.8 Å². The van der Waals surface area contributed by atoms with Gasteiger partial charge in [0.15, 0.2) is 5.82 Å². The first-order valence-electron chi connectivity index (χ1n) is 12.6. The normalized spacial score (nSPS) is 15.8. The van der Waals surface area contributed by atoms with E-state index >= 15 is 0 Å². The van der Waals surface area contributed by atoms with Gasteiger partial charge in [-0.15, -0.1) is 0 Å². The van der Waals surface area contributed by atoms with Crippen LogP contribution >= 0.6 is 0 Å². The Bertz CT molecular complexity index is 1310. The van der Waals surface area contributed by atoms with Crippen molar-refractivity contribution < 1.29 is 9.53 Å². The molecule has 1 N–H and O–H groups in total. The molecule has 2 aromatic carbocycles. The quantitative estimate of drug-likeness (QED) is 0.349. The second-order valence-electron chi connectivity index (χ2n) is 9.05. The van der Waals surface area contributed by atoms with Gasteiger partial charge in [-0.1, -0.05) is 24.3 Å². The molecule has 1 atom stereocenters. The molecule has 1 amide bonds. The number of likely N-dealkylation sites (tertiary alicyclic amines) is 1. The highest BCUT2D eigenvalue weighted by Gasteiger charge is 2.23. The molecule has 2 aromatic heterocycles. The molecule has 184 valence electrons. The van der Waals surface area contributed by atoms with E-state index in [-0.39, 0.29) is 5.91 Å². The van der Waals surface area contributed by atoms with Crippen LogP contribution in [0, 0.1) is 0 Å². The molecular weight excluding hydrogens is 450 g/mol. The smallest absolute Gasteiger partial charge is 0.270 e. The number of aromatic nitrogens is 3. The van der Waals surface area contributed by atoms with Crippen LogP contribution in [0.2, 0.25) is 0 Å². The van der Waals surface area contributed by atoms with Crippen LogP contribution in [-0.4, -0.2) is 58.5 Å². The summed E-state index contributed by atoms with van der Waals surface area (Å²) in [7, 11) is 0. The lowest BCUT2D eigenvalue weighted by molar-refractivity contribution is 0.0949. The zero-order chi connectivity index (χ0) is 24.7. The standard InChI is InChI=1S/C29H31N5O2/c1-2-36-24-12-10-21(11-13-24)28-32-26-9-4-3-8-25(26)27(33-28)29(35)31-16-6-17-34-18-14-23(20-34)22-7-5-15-30-19-22/h3-5,7-13,15,19,23H,2,6,14,16-18,20H2,1H3,(H,31,35)/t23-/m0/s1. The van der Waals surface area contributed by atoms with Crippen LogP contribution in [0.1, 0.15) is 41.7 Å². The van der Waals surface area contributed by atoms with Crippen LogP contribution in [0.15, 0.2) is 73.1 Å². The van der Waals surface area contributed by atoms with Gasteiger partial charge in [0, 0.05) is 36.4 Å². The Hall–Kier alpha value is -3.84. The van der Waals surface area contributed by atoms with E-state index in [9.17, 15) is 4.79 Å². The molecule has 0 saturated carbocycles. The maximum Gasteiger partial charge on any atom is 0.270 e. The van der Waals surface area contributed by atoms with Crippen molar-refractivity contribution in [2.24, 2.45) is 0 Å². The summed E-state index contributed by atoms with van der Waals surface area (Å²) in [6.07, 6.45) is 5.84. The molecule has 0 aliphatic carbocycles. The number of amides is 1. The maximum absolute atomic E-state index is 13.2. The first-order valence-corrected chi connectivity index (χ1v) is 12.6. The molecule has 7 nitrogen and oxygen atoms in total. The molecule has 3 heterocycles. The third-order valence-corrected chi connectivity index (χ3v) is 6.61. The molecule has 4 aromatic rings. The van der Waals surface area contributed by atoms with Gasteiger partial charge in [0.1, 0.15) is 11.4 Å². The molecular formula is C29H31N5O2. The SMILES string of the molecule is CCOc1ccc(-c2nc(C(=O)NCCCN3CC[C@H](c4cccnc4)C3)c3ccccc3n2)cc1. The van der Waals surface area contributed by atoms with E-state index in [0.29, 0.717) is 30.6 Å². The van der Waals surface area contributed by atoms with Gasteiger partial charge >= 0.3 is 0 Å². The fourth-order valence-electron chi connectivity index (χ4n) is 4.76. The lowest BCUT2D eigenvalue weighted by Crippen LogP contribution is -2.29. The van der Waals surface area contributed by atoms with Gasteiger partial charge in [-0.3, -0.25) is 9.78 Å². The summed E-state index contributed by atoms with van der Waals surface area (Å²) in [4.78, 5) is 29.3. The Morgan fingerprint density at radius 3 is 2.75 bits per heavy atom. The number of carbonyl (C=O) groups is 1. The van der Waals surface area contributed by atoms with E-state index in [1.54, 1.807) is 0 Å². The number of hydrogen-bond acceptors (Lipinski definition) is 6. The van der Waals surface area contributed by atoms with Crippen LogP contribution in [0.25, 0.3) is 22.3 Å². The van der Waals surface area contributed by atoms with Gasteiger partial charge < -0.3 is 15.0 Å². The molecule has 1 saturated heterocycles. The third-order valence-electron chi connectivity index (χ3n) is 6.61. The topological polar surface area (TPSA) is 80.2 Å². The average molecular weight is 482 g/mol. The number of pyridine rings is 1. The number of nitrogens with zero attached hydrogens (tertiary/aromatic N) is 4. The molecule has 1 aliphatic rings. The average Bonchev–Trinajstić information content (AvgIpc) is 3.40.